The van der Waals surface area contributed by atoms with Gasteiger partial charge in [0.2, 0.25) is 11.9 Å². The van der Waals surface area contributed by atoms with E-state index < -0.39 is 0 Å². The predicted octanol–water partition coefficient (Wildman–Crippen LogP) is 1.63. The highest BCUT2D eigenvalue weighted by Gasteiger charge is 2.31. The number of hydrogen-bond acceptors (Lipinski definition) is 10. The first-order valence-electron chi connectivity index (χ1n) is 12.7. The van der Waals surface area contributed by atoms with Crippen LogP contribution in [0.2, 0.25) is 0 Å². The first-order valence-corrected chi connectivity index (χ1v) is 12.7. The molecule has 0 atom stereocenters. The Labute approximate surface area is 204 Å². The van der Waals surface area contributed by atoms with Crippen LogP contribution < -0.4 is 15.5 Å². The number of hydrogen-bond donors (Lipinski definition) is 2. The number of nitrogens with two attached hydrogens (primary N) is 1. The minimum atomic E-state index is 0.244. The van der Waals surface area contributed by atoms with Gasteiger partial charge >= 0.3 is 0 Å². The van der Waals surface area contributed by atoms with Gasteiger partial charge in [0.15, 0.2) is 22.8 Å². The van der Waals surface area contributed by atoms with Crippen LogP contribution in [-0.2, 0) is 11.3 Å². The fraction of sp³-hybridized carbons (Fsp3) is 0.625. The molecule has 6 rings (SSSR count). The third-order valence-corrected chi connectivity index (χ3v) is 7.40. The van der Waals surface area contributed by atoms with Crippen LogP contribution in [-0.4, -0.2) is 80.6 Å². The van der Waals surface area contributed by atoms with E-state index in [2.05, 4.69) is 24.3 Å². The lowest BCUT2D eigenvalue weighted by atomic mass is 9.98. The Bertz CT molecular complexity index is 1210. The quantitative estimate of drug-likeness (QED) is 0.538. The van der Waals surface area contributed by atoms with E-state index in [-0.39, 0.29) is 12.6 Å². The Morgan fingerprint density at radius 2 is 1.74 bits per heavy atom. The van der Waals surface area contributed by atoms with Gasteiger partial charge in [-0.05, 0) is 44.4 Å². The van der Waals surface area contributed by atoms with E-state index >= 15 is 0 Å². The van der Waals surface area contributed by atoms with Crippen LogP contribution in [0.3, 0.4) is 0 Å². The summed E-state index contributed by atoms with van der Waals surface area (Å²) in [6.07, 6.45) is 6.14. The number of piperidine rings is 1. The molecular weight excluding hydrogens is 446 g/mol. The summed E-state index contributed by atoms with van der Waals surface area (Å²) in [4.78, 5) is 28.4. The number of fused-ring (bicyclic) bond motifs is 1. The number of morpholine rings is 1. The molecule has 1 saturated carbocycles. The lowest BCUT2D eigenvalue weighted by Gasteiger charge is -2.32. The molecule has 0 amide bonds. The average Bonchev–Trinajstić information content (AvgIpc) is 3.64. The van der Waals surface area contributed by atoms with Crippen molar-refractivity contribution in [2.45, 2.75) is 39.2 Å². The van der Waals surface area contributed by atoms with Crippen LogP contribution in [0.15, 0.2) is 6.20 Å². The smallest absolute Gasteiger partial charge is 0.220 e. The molecule has 11 heteroatoms. The molecule has 0 radical (unpaired) electrons. The molecule has 35 heavy (non-hydrogen) atoms. The van der Waals surface area contributed by atoms with Crippen molar-refractivity contribution in [2.75, 3.05) is 61.5 Å². The van der Waals surface area contributed by atoms with E-state index in [0.29, 0.717) is 30.9 Å². The lowest BCUT2D eigenvalue weighted by molar-refractivity contribution is 0.122. The summed E-state index contributed by atoms with van der Waals surface area (Å²) in [5.41, 5.74) is 9.04. The molecule has 3 aromatic rings. The molecule has 2 aliphatic heterocycles. The summed E-state index contributed by atoms with van der Waals surface area (Å²) >= 11 is 0. The summed E-state index contributed by atoms with van der Waals surface area (Å²) in [6.45, 7) is 7.69. The molecule has 0 aromatic carbocycles. The van der Waals surface area contributed by atoms with Crippen molar-refractivity contribution in [1.29, 1.82) is 0 Å². The number of aryl methyl sites for hydroxylation is 1. The van der Waals surface area contributed by atoms with Crippen LogP contribution in [0.1, 0.15) is 31.4 Å². The van der Waals surface area contributed by atoms with E-state index in [1.54, 1.807) is 6.20 Å². The maximum absolute atomic E-state index is 9.61. The van der Waals surface area contributed by atoms with Crippen molar-refractivity contribution in [3.05, 3.63) is 11.9 Å². The number of aliphatic hydroxyl groups excluding tert-OH is 1. The average molecular weight is 480 g/mol. The molecular formula is C24H33N9O2. The fourth-order valence-corrected chi connectivity index (χ4v) is 5.08. The van der Waals surface area contributed by atoms with Gasteiger partial charge in [-0.2, -0.15) is 0 Å². The third kappa shape index (κ3) is 4.38. The van der Waals surface area contributed by atoms with E-state index in [1.807, 2.05) is 6.92 Å². The van der Waals surface area contributed by atoms with Crippen molar-refractivity contribution in [3.8, 4) is 11.4 Å². The van der Waals surface area contributed by atoms with E-state index in [1.165, 1.54) is 12.8 Å². The number of aliphatic hydroxyl groups is 1. The normalized spacial score (nSPS) is 19.6. The fourth-order valence-electron chi connectivity index (χ4n) is 5.08. The summed E-state index contributed by atoms with van der Waals surface area (Å²) in [7, 11) is 0. The number of nitrogen functional groups attached to an aromatic ring is 1. The van der Waals surface area contributed by atoms with Gasteiger partial charge in [-0.1, -0.05) is 0 Å². The summed E-state index contributed by atoms with van der Waals surface area (Å²) in [5, 5.41) is 9.61. The minimum absolute atomic E-state index is 0.244. The molecule has 0 spiro atoms. The molecule has 1 aliphatic carbocycles. The van der Waals surface area contributed by atoms with Gasteiger partial charge in [-0.15, -0.1) is 0 Å². The van der Waals surface area contributed by atoms with Crippen LogP contribution in [0.25, 0.3) is 22.6 Å². The zero-order valence-corrected chi connectivity index (χ0v) is 20.2. The van der Waals surface area contributed by atoms with Crippen molar-refractivity contribution in [1.82, 2.24) is 29.5 Å². The van der Waals surface area contributed by atoms with Crippen molar-refractivity contribution in [2.24, 2.45) is 11.8 Å². The molecule has 0 unspecified atom stereocenters. The predicted molar refractivity (Wildman–Crippen MR) is 133 cm³/mol. The number of anilines is 3. The standard InChI is InChI=1S/C24H33N9O2/c1-15-18(12-26-23(25)27-15)20-29-21(31-8-10-35-11-9-31)19-22(30-20)33(13-16-2-3-16)24(28-19)32-6-4-17(14-34)5-7-32/h12,16-17,34H,2-11,13-14H2,1H3,(H2,25,26,27). The minimum Gasteiger partial charge on any atom is -0.396 e. The number of nitrogens with zero attached hydrogens (tertiary/aromatic N) is 8. The van der Waals surface area contributed by atoms with E-state index in [0.717, 1.165) is 79.8 Å². The highest BCUT2D eigenvalue weighted by Crippen LogP contribution is 2.37. The topological polar surface area (TPSA) is 131 Å². The van der Waals surface area contributed by atoms with E-state index in [4.69, 9.17) is 25.4 Å². The SMILES string of the molecule is Cc1nc(N)ncc1-c1nc(N2CCOCC2)c2nc(N3CCC(CO)CC3)n(CC3CC3)c2n1. The third-order valence-electron chi connectivity index (χ3n) is 7.40. The Morgan fingerprint density at radius 1 is 0.971 bits per heavy atom. The summed E-state index contributed by atoms with van der Waals surface area (Å²) in [6, 6.07) is 0. The van der Waals surface area contributed by atoms with Gasteiger partial charge in [0, 0.05) is 45.5 Å². The zero-order valence-electron chi connectivity index (χ0n) is 20.2. The molecule has 0 bridgehead atoms. The number of rotatable bonds is 6. The Balaban J connectivity index is 1.51. The Morgan fingerprint density at radius 3 is 2.43 bits per heavy atom. The summed E-state index contributed by atoms with van der Waals surface area (Å²) in [5.74, 6) is 3.68. The number of ether oxygens (including phenoxy) is 1. The van der Waals surface area contributed by atoms with E-state index in [9.17, 15) is 5.11 Å². The zero-order chi connectivity index (χ0) is 23.9. The second kappa shape index (κ2) is 9.19. The van der Waals surface area contributed by atoms with Crippen LogP contribution >= 0.6 is 0 Å². The van der Waals surface area contributed by atoms with Gasteiger partial charge in [0.05, 0.1) is 24.5 Å². The monoisotopic (exact) mass is 479 g/mol. The van der Waals surface area contributed by atoms with Crippen molar-refractivity contribution >= 4 is 28.9 Å². The van der Waals surface area contributed by atoms with Crippen LogP contribution in [0.5, 0.6) is 0 Å². The first-order chi connectivity index (χ1) is 17.1. The van der Waals surface area contributed by atoms with Crippen molar-refractivity contribution < 1.29 is 9.84 Å². The molecule has 3 N–H and O–H groups in total. The largest absolute Gasteiger partial charge is 0.396 e. The number of imidazole rings is 1. The highest BCUT2D eigenvalue weighted by molar-refractivity contribution is 5.88. The molecule has 5 heterocycles. The maximum atomic E-state index is 9.61. The van der Waals surface area contributed by atoms with Gasteiger partial charge in [-0.25, -0.2) is 24.9 Å². The number of aromatic nitrogens is 6. The maximum Gasteiger partial charge on any atom is 0.220 e. The second-order valence-corrected chi connectivity index (χ2v) is 9.95. The highest BCUT2D eigenvalue weighted by atomic mass is 16.5. The molecule has 3 aromatic heterocycles. The second-order valence-electron chi connectivity index (χ2n) is 9.95. The first kappa shape index (κ1) is 22.4. The molecule has 11 nitrogen and oxygen atoms in total. The van der Waals surface area contributed by atoms with Gasteiger partial charge in [0.1, 0.15) is 0 Å². The lowest BCUT2D eigenvalue weighted by Crippen LogP contribution is -2.37. The summed E-state index contributed by atoms with van der Waals surface area (Å²) < 4.78 is 7.91. The Hall–Kier alpha value is -3.05. The van der Waals surface area contributed by atoms with Gasteiger partial charge < -0.3 is 25.4 Å². The molecule has 3 fully saturated rings. The molecule has 186 valence electrons. The van der Waals surface area contributed by atoms with Crippen LogP contribution in [0, 0.1) is 18.8 Å². The van der Waals surface area contributed by atoms with Gasteiger partial charge in [0.25, 0.3) is 0 Å². The van der Waals surface area contributed by atoms with Crippen molar-refractivity contribution in [3.63, 3.8) is 0 Å². The van der Waals surface area contributed by atoms with Crippen LogP contribution in [0.4, 0.5) is 17.7 Å². The van der Waals surface area contributed by atoms with Gasteiger partial charge in [-0.3, -0.25) is 4.57 Å². The Kier molecular flexibility index (Phi) is 5.89. The molecule has 2 saturated heterocycles. The molecule has 3 aliphatic rings.